The second-order valence-electron chi connectivity index (χ2n) is 7.83. The van der Waals surface area contributed by atoms with Gasteiger partial charge in [0.2, 0.25) is 0 Å². The number of aliphatic hydroxyl groups excluding tert-OH is 1. The maximum absolute atomic E-state index is 10.4. The quantitative estimate of drug-likeness (QED) is 0.803. The van der Waals surface area contributed by atoms with Crippen LogP contribution in [0, 0.1) is 17.8 Å². The highest BCUT2D eigenvalue weighted by Crippen LogP contribution is 2.58. The van der Waals surface area contributed by atoms with Gasteiger partial charge in [0, 0.05) is 23.0 Å². The van der Waals surface area contributed by atoms with Crippen molar-refractivity contribution in [3.05, 3.63) is 23.0 Å². The summed E-state index contributed by atoms with van der Waals surface area (Å²) in [5, 5.41) is 10.4. The van der Waals surface area contributed by atoms with Crippen LogP contribution in [0.3, 0.4) is 0 Å². The zero-order chi connectivity index (χ0) is 13.3. The summed E-state index contributed by atoms with van der Waals surface area (Å²) in [6.07, 6.45) is 2.98. The first-order valence-corrected chi connectivity index (χ1v) is 7.10. The number of fused-ring (bicyclic) bond motifs is 1. The van der Waals surface area contributed by atoms with Crippen LogP contribution in [0.2, 0.25) is 0 Å². The molecular formula is C16H25NO. The molecule has 1 aromatic heterocycles. The smallest absolute Gasteiger partial charge is 0.0812 e. The molecule has 2 atom stereocenters. The second-order valence-corrected chi connectivity index (χ2v) is 7.83. The Kier molecular flexibility index (Phi) is 2.33. The molecule has 2 nitrogen and oxygen atoms in total. The fourth-order valence-corrected chi connectivity index (χ4v) is 3.68. The number of aromatic nitrogens is 1. The Morgan fingerprint density at radius 1 is 1.22 bits per heavy atom. The van der Waals surface area contributed by atoms with Gasteiger partial charge in [-0.2, -0.15) is 0 Å². The first kappa shape index (κ1) is 12.3. The van der Waals surface area contributed by atoms with E-state index in [-0.39, 0.29) is 11.5 Å². The molecule has 0 radical (unpaired) electrons. The van der Waals surface area contributed by atoms with Gasteiger partial charge in [-0.25, -0.2) is 0 Å². The Labute approximate surface area is 110 Å². The summed E-state index contributed by atoms with van der Waals surface area (Å²) in [7, 11) is 0. The largest absolute Gasteiger partial charge is 0.388 e. The molecule has 0 saturated heterocycles. The SMILES string of the molecule is Cc1cc2c(n1C1CC1(C)C)CC(C)(C)CC2O. The molecule has 1 heterocycles. The van der Waals surface area contributed by atoms with E-state index in [0.717, 1.165) is 12.8 Å². The van der Waals surface area contributed by atoms with Crippen LogP contribution in [-0.2, 0) is 6.42 Å². The number of aliphatic hydroxyl groups is 1. The van der Waals surface area contributed by atoms with Gasteiger partial charge < -0.3 is 9.67 Å². The third-order valence-corrected chi connectivity index (χ3v) is 4.89. The summed E-state index contributed by atoms with van der Waals surface area (Å²) in [6.45, 7) is 11.4. The minimum Gasteiger partial charge on any atom is -0.388 e. The molecule has 1 saturated carbocycles. The predicted octanol–water partition coefficient (Wildman–Crippen LogP) is 3.77. The van der Waals surface area contributed by atoms with Crippen LogP contribution < -0.4 is 0 Å². The Bertz CT molecular complexity index is 495. The van der Waals surface area contributed by atoms with E-state index in [0.29, 0.717) is 11.5 Å². The van der Waals surface area contributed by atoms with Crippen molar-refractivity contribution >= 4 is 0 Å². The van der Waals surface area contributed by atoms with Crippen molar-refractivity contribution in [2.24, 2.45) is 10.8 Å². The van der Waals surface area contributed by atoms with Crippen molar-refractivity contribution < 1.29 is 5.11 Å². The van der Waals surface area contributed by atoms with E-state index in [1.54, 1.807) is 0 Å². The summed E-state index contributed by atoms with van der Waals surface area (Å²) < 4.78 is 2.51. The molecule has 1 aromatic rings. The summed E-state index contributed by atoms with van der Waals surface area (Å²) in [5.74, 6) is 0. The highest BCUT2D eigenvalue weighted by Gasteiger charge is 2.49. The molecule has 0 bridgehead atoms. The van der Waals surface area contributed by atoms with E-state index in [1.165, 1.54) is 23.4 Å². The molecule has 0 spiro atoms. The molecule has 2 heteroatoms. The number of hydrogen-bond donors (Lipinski definition) is 1. The molecule has 0 aliphatic heterocycles. The lowest BCUT2D eigenvalue weighted by Crippen LogP contribution is -2.27. The number of nitrogens with zero attached hydrogens (tertiary/aromatic N) is 1. The van der Waals surface area contributed by atoms with Crippen LogP contribution in [-0.4, -0.2) is 9.67 Å². The fourth-order valence-electron chi connectivity index (χ4n) is 3.68. The van der Waals surface area contributed by atoms with Crippen molar-refractivity contribution in [1.82, 2.24) is 4.57 Å². The Morgan fingerprint density at radius 3 is 2.39 bits per heavy atom. The highest BCUT2D eigenvalue weighted by atomic mass is 16.3. The minimum absolute atomic E-state index is 0.216. The van der Waals surface area contributed by atoms with Gasteiger partial charge in [-0.3, -0.25) is 0 Å². The molecule has 1 N–H and O–H groups in total. The van der Waals surface area contributed by atoms with E-state index in [9.17, 15) is 5.11 Å². The Morgan fingerprint density at radius 2 is 1.83 bits per heavy atom. The third kappa shape index (κ3) is 1.73. The van der Waals surface area contributed by atoms with Crippen LogP contribution >= 0.6 is 0 Å². The minimum atomic E-state index is -0.273. The first-order valence-electron chi connectivity index (χ1n) is 7.10. The van der Waals surface area contributed by atoms with Crippen molar-refractivity contribution in [3.63, 3.8) is 0 Å². The van der Waals surface area contributed by atoms with Gasteiger partial charge in [-0.15, -0.1) is 0 Å². The van der Waals surface area contributed by atoms with Crippen molar-refractivity contribution in [1.29, 1.82) is 0 Å². The van der Waals surface area contributed by atoms with Crippen LogP contribution in [0.25, 0.3) is 0 Å². The van der Waals surface area contributed by atoms with E-state index in [4.69, 9.17) is 0 Å². The lowest BCUT2D eigenvalue weighted by molar-refractivity contribution is 0.0978. The average molecular weight is 247 g/mol. The number of hydrogen-bond acceptors (Lipinski definition) is 1. The molecule has 0 aromatic carbocycles. The van der Waals surface area contributed by atoms with E-state index >= 15 is 0 Å². The summed E-state index contributed by atoms with van der Waals surface area (Å²) in [4.78, 5) is 0. The first-order chi connectivity index (χ1) is 8.21. The molecule has 100 valence electrons. The van der Waals surface area contributed by atoms with Crippen LogP contribution in [0.4, 0.5) is 0 Å². The maximum atomic E-state index is 10.4. The van der Waals surface area contributed by atoms with Gasteiger partial charge in [-0.1, -0.05) is 27.7 Å². The number of rotatable bonds is 1. The Balaban J connectivity index is 2.07. The standard InChI is InChI=1S/C16H25NO/c1-10-6-11-12(7-15(2,3)8-13(11)18)17(10)14-9-16(14,4)5/h6,13-14,18H,7-9H2,1-5H3. The summed E-state index contributed by atoms with van der Waals surface area (Å²) in [6, 6.07) is 2.85. The lowest BCUT2D eigenvalue weighted by Gasteiger charge is -2.34. The molecule has 2 aliphatic rings. The van der Waals surface area contributed by atoms with Crippen LogP contribution in [0.1, 0.15) is 69.6 Å². The van der Waals surface area contributed by atoms with Gasteiger partial charge >= 0.3 is 0 Å². The van der Waals surface area contributed by atoms with Crippen molar-refractivity contribution in [2.75, 3.05) is 0 Å². The topological polar surface area (TPSA) is 25.2 Å². The molecule has 18 heavy (non-hydrogen) atoms. The van der Waals surface area contributed by atoms with Gasteiger partial charge in [0.1, 0.15) is 0 Å². The van der Waals surface area contributed by atoms with Crippen LogP contribution in [0.5, 0.6) is 0 Å². The van der Waals surface area contributed by atoms with Gasteiger partial charge in [0.05, 0.1) is 6.10 Å². The van der Waals surface area contributed by atoms with Crippen molar-refractivity contribution in [2.45, 2.75) is 66.0 Å². The zero-order valence-corrected chi connectivity index (χ0v) is 12.2. The normalized spacial score (nSPS) is 32.1. The predicted molar refractivity (Wildman–Crippen MR) is 73.7 cm³/mol. The van der Waals surface area contributed by atoms with Gasteiger partial charge in [0.15, 0.2) is 0 Å². The highest BCUT2D eigenvalue weighted by molar-refractivity contribution is 5.35. The van der Waals surface area contributed by atoms with Gasteiger partial charge in [-0.05, 0) is 43.1 Å². The molecule has 3 rings (SSSR count). The monoisotopic (exact) mass is 247 g/mol. The third-order valence-electron chi connectivity index (χ3n) is 4.89. The molecule has 1 fully saturated rings. The summed E-state index contributed by atoms with van der Waals surface area (Å²) in [5.41, 5.74) is 4.56. The summed E-state index contributed by atoms with van der Waals surface area (Å²) >= 11 is 0. The Hall–Kier alpha value is -0.760. The van der Waals surface area contributed by atoms with E-state index in [2.05, 4.69) is 45.3 Å². The fraction of sp³-hybridized carbons (Fsp3) is 0.750. The van der Waals surface area contributed by atoms with E-state index < -0.39 is 0 Å². The lowest BCUT2D eigenvalue weighted by atomic mass is 9.75. The average Bonchev–Trinajstić information content (AvgIpc) is 2.65. The molecule has 2 unspecified atom stereocenters. The molecule has 0 amide bonds. The van der Waals surface area contributed by atoms with E-state index in [1.807, 2.05) is 0 Å². The maximum Gasteiger partial charge on any atom is 0.0812 e. The second kappa shape index (κ2) is 3.41. The van der Waals surface area contributed by atoms with Crippen LogP contribution in [0.15, 0.2) is 6.07 Å². The molecular weight excluding hydrogens is 222 g/mol. The molecule has 2 aliphatic carbocycles. The van der Waals surface area contributed by atoms with Crippen molar-refractivity contribution in [3.8, 4) is 0 Å². The zero-order valence-electron chi connectivity index (χ0n) is 12.2. The number of aryl methyl sites for hydroxylation is 1. The van der Waals surface area contributed by atoms with Gasteiger partial charge in [0.25, 0.3) is 0 Å².